The van der Waals surface area contributed by atoms with Crippen molar-refractivity contribution in [2.45, 2.75) is 57.0 Å². The van der Waals surface area contributed by atoms with Crippen molar-refractivity contribution in [1.82, 2.24) is 25.1 Å². The molecule has 1 saturated carbocycles. The van der Waals surface area contributed by atoms with Gasteiger partial charge in [-0.15, -0.1) is 0 Å². The molecule has 2 aliphatic rings. The van der Waals surface area contributed by atoms with Crippen molar-refractivity contribution in [2.75, 3.05) is 13.1 Å². The Morgan fingerprint density at radius 1 is 0.933 bits per heavy atom. The number of halogens is 1. The summed E-state index contributed by atoms with van der Waals surface area (Å²) in [7, 11) is 0. The lowest BCUT2D eigenvalue weighted by atomic mass is 9.95. The maximum absolute atomic E-state index is 13.2. The van der Waals surface area contributed by atoms with Crippen LogP contribution in [0.15, 0.2) is 36.8 Å². The van der Waals surface area contributed by atoms with E-state index >= 15 is 0 Å². The molecule has 7 nitrogen and oxygen atoms in total. The van der Waals surface area contributed by atoms with E-state index in [-0.39, 0.29) is 23.8 Å². The molecule has 3 amide bonds. The minimum Gasteiger partial charge on any atom is -0.348 e. The molecule has 1 aliphatic heterocycles. The quantitative estimate of drug-likeness (QED) is 0.808. The Balaban J connectivity index is 1.29. The second-order valence-electron chi connectivity index (χ2n) is 8.14. The van der Waals surface area contributed by atoms with Crippen molar-refractivity contribution in [1.29, 1.82) is 0 Å². The summed E-state index contributed by atoms with van der Waals surface area (Å²) in [6, 6.07) is 6.24. The molecule has 30 heavy (non-hydrogen) atoms. The van der Waals surface area contributed by atoms with Crippen LogP contribution < -0.4 is 10.6 Å². The molecule has 1 saturated heterocycles. The van der Waals surface area contributed by atoms with Gasteiger partial charge >= 0.3 is 6.03 Å². The number of amides is 3. The summed E-state index contributed by atoms with van der Waals surface area (Å²) >= 11 is 0. The van der Waals surface area contributed by atoms with E-state index in [9.17, 15) is 14.0 Å². The minimum absolute atomic E-state index is 0.00722. The summed E-state index contributed by atoms with van der Waals surface area (Å²) in [6.07, 6.45) is 10.3. The monoisotopic (exact) mass is 413 g/mol. The van der Waals surface area contributed by atoms with Gasteiger partial charge in [0.05, 0.1) is 12.5 Å². The van der Waals surface area contributed by atoms with Crippen molar-refractivity contribution in [3.8, 4) is 5.69 Å². The summed E-state index contributed by atoms with van der Waals surface area (Å²) in [5.74, 6) is -0.550. The highest BCUT2D eigenvalue weighted by molar-refractivity contribution is 5.93. The molecule has 2 heterocycles. The fraction of sp³-hybridized carbons (Fsp3) is 0.500. The number of nitrogens with zero attached hydrogens (tertiary/aromatic N) is 3. The number of piperidine rings is 1. The molecule has 0 bridgehead atoms. The molecule has 2 N–H and O–H groups in total. The van der Waals surface area contributed by atoms with Gasteiger partial charge < -0.3 is 15.5 Å². The van der Waals surface area contributed by atoms with Crippen LogP contribution in [0.3, 0.4) is 0 Å². The summed E-state index contributed by atoms with van der Waals surface area (Å²) < 4.78 is 14.8. The summed E-state index contributed by atoms with van der Waals surface area (Å²) in [4.78, 5) is 31.2. The van der Waals surface area contributed by atoms with Crippen LogP contribution in [0.2, 0.25) is 0 Å². The average Bonchev–Trinajstić information content (AvgIpc) is 3.25. The molecule has 2 fully saturated rings. The third kappa shape index (κ3) is 4.80. The number of carbonyl (C=O) groups excluding carboxylic acids is 2. The Bertz CT molecular complexity index is 868. The highest BCUT2D eigenvalue weighted by atomic mass is 19.1. The smallest absolute Gasteiger partial charge is 0.317 e. The highest BCUT2D eigenvalue weighted by Crippen LogP contribution is 2.19. The number of urea groups is 1. The van der Waals surface area contributed by atoms with Crippen LogP contribution in [0.4, 0.5) is 9.18 Å². The first-order valence-electron chi connectivity index (χ1n) is 10.7. The lowest BCUT2D eigenvalue weighted by molar-refractivity contribution is 0.0910. The average molecular weight is 413 g/mol. The van der Waals surface area contributed by atoms with Gasteiger partial charge in [-0.05, 0) is 49.9 Å². The van der Waals surface area contributed by atoms with Gasteiger partial charge in [0.2, 0.25) is 0 Å². The van der Waals surface area contributed by atoms with Crippen LogP contribution in [0.25, 0.3) is 5.69 Å². The number of hydrogen-bond donors (Lipinski definition) is 2. The molecule has 0 radical (unpaired) electrons. The Morgan fingerprint density at radius 3 is 2.30 bits per heavy atom. The van der Waals surface area contributed by atoms with E-state index in [1.54, 1.807) is 23.0 Å². The van der Waals surface area contributed by atoms with E-state index in [4.69, 9.17) is 0 Å². The van der Waals surface area contributed by atoms with Crippen molar-refractivity contribution in [2.24, 2.45) is 0 Å². The number of aromatic nitrogens is 2. The molecule has 8 heteroatoms. The van der Waals surface area contributed by atoms with Gasteiger partial charge in [0, 0.05) is 30.9 Å². The number of rotatable bonds is 4. The summed E-state index contributed by atoms with van der Waals surface area (Å²) in [5, 5.41) is 6.21. The fourth-order valence-corrected chi connectivity index (χ4v) is 4.27. The number of carbonyl (C=O) groups is 2. The molecule has 0 unspecified atom stereocenters. The van der Waals surface area contributed by atoms with Gasteiger partial charge in [-0.25, -0.2) is 14.2 Å². The second kappa shape index (κ2) is 9.28. The molecule has 2 aromatic rings. The third-order valence-corrected chi connectivity index (χ3v) is 6.03. The zero-order valence-electron chi connectivity index (χ0n) is 17.0. The van der Waals surface area contributed by atoms with Crippen molar-refractivity contribution in [3.63, 3.8) is 0 Å². The largest absolute Gasteiger partial charge is 0.348 e. The van der Waals surface area contributed by atoms with E-state index in [0.717, 1.165) is 12.8 Å². The Hall–Kier alpha value is -2.90. The number of benzene rings is 1. The molecule has 1 aromatic carbocycles. The van der Waals surface area contributed by atoms with Crippen LogP contribution in [0.5, 0.6) is 0 Å². The first-order valence-corrected chi connectivity index (χ1v) is 10.7. The Morgan fingerprint density at radius 2 is 1.60 bits per heavy atom. The molecule has 1 aliphatic carbocycles. The molecular weight excluding hydrogens is 385 g/mol. The maximum atomic E-state index is 13.2. The molecule has 0 spiro atoms. The topological polar surface area (TPSA) is 79.3 Å². The van der Waals surface area contributed by atoms with Gasteiger partial charge in [0.1, 0.15) is 11.5 Å². The van der Waals surface area contributed by atoms with Gasteiger partial charge in [-0.1, -0.05) is 19.3 Å². The van der Waals surface area contributed by atoms with Crippen LogP contribution in [-0.2, 0) is 0 Å². The van der Waals surface area contributed by atoms with E-state index in [2.05, 4.69) is 15.6 Å². The highest BCUT2D eigenvalue weighted by Gasteiger charge is 2.26. The van der Waals surface area contributed by atoms with Gasteiger partial charge in [-0.2, -0.15) is 0 Å². The Labute approximate surface area is 175 Å². The summed E-state index contributed by atoms with van der Waals surface area (Å²) in [5.41, 5.74) is 1.08. The van der Waals surface area contributed by atoms with Crippen molar-refractivity contribution < 1.29 is 14.0 Å². The number of hydrogen-bond acceptors (Lipinski definition) is 3. The van der Waals surface area contributed by atoms with E-state index in [1.165, 1.54) is 37.6 Å². The predicted octanol–water partition coefficient (Wildman–Crippen LogP) is 3.25. The lowest BCUT2D eigenvalue weighted by Gasteiger charge is -2.34. The molecule has 1 aromatic heterocycles. The number of imidazole rings is 1. The first kappa shape index (κ1) is 20.4. The number of nitrogens with one attached hydrogen (secondary N) is 2. The lowest BCUT2D eigenvalue weighted by Crippen LogP contribution is -2.51. The predicted molar refractivity (Wildman–Crippen MR) is 111 cm³/mol. The van der Waals surface area contributed by atoms with Gasteiger partial charge in [0.15, 0.2) is 0 Å². The van der Waals surface area contributed by atoms with Crippen molar-refractivity contribution in [3.05, 3.63) is 48.3 Å². The standard InChI is InChI=1S/C22H28FN5O2/c23-16-6-8-19(9-7-16)28-15-24-14-20(28)21(29)25-18-10-12-27(13-11-18)22(30)26-17-4-2-1-3-5-17/h6-9,14-15,17-18H,1-5,10-13H2,(H,25,29)(H,26,30). The van der Waals surface area contributed by atoms with E-state index in [1.807, 2.05) is 4.90 Å². The third-order valence-electron chi connectivity index (χ3n) is 6.03. The van der Waals surface area contributed by atoms with Gasteiger partial charge in [-0.3, -0.25) is 9.36 Å². The Kier molecular flexibility index (Phi) is 6.30. The van der Waals surface area contributed by atoms with Crippen LogP contribution in [0.1, 0.15) is 55.4 Å². The molecule has 160 valence electrons. The minimum atomic E-state index is -0.329. The maximum Gasteiger partial charge on any atom is 0.317 e. The summed E-state index contributed by atoms with van der Waals surface area (Å²) in [6.45, 7) is 1.25. The zero-order valence-corrected chi connectivity index (χ0v) is 17.0. The van der Waals surface area contributed by atoms with Crippen LogP contribution >= 0.6 is 0 Å². The molecular formula is C22H28FN5O2. The van der Waals surface area contributed by atoms with Crippen LogP contribution in [0, 0.1) is 5.82 Å². The molecule has 4 rings (SSSR count). The normalized spacial score (nSPS) is 18.2. The SMILES string of the molecule is O=C(NC1CCN(C(=O)NC2CCCCC2)CC1)c1cncn1-c1ccc(F)cc1. The molecule has 0 atom stereocenters. The number of likely N-dealkylation sites (tertiary alicyclic amines) is 1. The first-order chi connectivity index (χ1) is 14.6. The van der Waals surface area contributed by atoms with Crippen LogP contribution in [-0.4, -0.2) is 51.6 Å². The van der Waals surface area contributed by atoms with E-state index in [0.29, 0.717) is 43.4 Å². The van der Waals surface area contributed by atoms with Gasteiger partial charge in [0.25, 0.3) is 5.91 Å². The fourth-order valence-electron chi connectivity index (χ4n) is 4.27. The second-order valence-corrected chi connectivity index (χ2v) is 8.14. The van der Waals surface area contributed by atoms with E-state index < -0.39 is 0 Å². The zero-order chi connectivity index (χ0) is 20.9. The van der Waals surface area contributed by atoms with Crippen molar-refractivity contribution >= 4 is 11.9 Å².